The van der Waals surface area contributed by atoms with Crippen LogP contribution in [0.25, 0.3) is 27.8 Å². The SMILES string of the molecule is Cc1c(-c2cc(C(=O)O)c3cc(Cl)ccc3n2)cnn1-c1ccccc1. The van der Waals surface area contributed by atoms with Gasteiger partial charge < -0.3 is 5.11 Å². The van der Waals surface area contributed by atoms with Gasteiger partial charge in [-0.3, -0.25) is 0 Å². The first-order valence-corrected chi connectivity index (χ1v) is 8.36. The lowest BCUT2D eigenvalue weighted by Crippen LogP contribution is -2.01. The molecule has 0 saturated heterocycles. The summed E-state index contributed by atoms with van der Waals surface area (Å²) in [6.07, 6.45) is 1.71. The predicted molar refractivity (Wildman–Crippen MR) is 101 cm³/mol. The molecule has 6 heteroatoms. The number of hydrogen-bond donors (Lipinski definition) is 1. The number of carboxylic acid groups (broad SMARTS) is 1. The van der Waals surface area contributed by atoms with Gasteiger partial charge in [-0.2, -0.15) is 5.10 Å². The molecule has 0 atom stereocenters. The lowest BCUT2D eigenvalue weighted by Gasteiger charge is -2.08. The maximum Gasteiger partial charge on any atom is 0.336 e. The van der Waals surface area contributed by atoms with Crippen LogP contribution in [0.1, 0.15) is 16.1 Å². The number of benzene rings is 2. The maximum atomic E-state index is 11.7. The van der Waals surface area contributed by atoms with Gasteiger partial charge in [-0.1, -0.05) is 29.8 Å². The number of aromatic nitrogens is 3. The molecule has 0 radical (unpaired) electrons. The van der Waals surface area contributed by atoms with E-state index in [1.807, 2.05) is 41.9 Å². The molecule has 5 nitrogen and oxygen atoms in total. The molecule has 1 N–H and O–H groups in total. The molecule has 0 spiro atoms. The number of hydrogen-bond acceptors (Lipinski definition) is 3. The van der Waals surface area contributed by atoms with Gasteiger partial charge in [0.1, 0.15) is 0 Å². The Morgan fingerprint density at radius 2 is 1.88 bits per heavy atom. The van der Waals surface area contributed by atoms with Gasteiger partial charge >= 0.3 is 5.97 Å². The summed E-state index contributed by atoms with van der Waals surface area (Å²) in [5.41, 5.74) is 3.91. The summed E-state index contributed by atoms with van der Waals surface area (Å²) in [5.74, 6) is -1.02. The number of nitrogens with zero attached hydrogens (tertiary/aromatic N) is 3. The molecule has 4 aromatic rings. The summed E-state index contributed by atoms with van der Waals surface area (Å²) in [4.78, 5) is 16.4. The Morgan fingerprint density at radius 1 is 1.12 bits per heavy atom. The van der Waals surface area contributed by atoms with Gasteiger partial charge in [0.05, 0.1) is 34.4 Å². The largest absolute Gasteiger partial charge is 0.478 e. The average molecular weight is 364 g/mol. The van der Waals surface area contributed by atoms with Crippen molar-refractivity contribution in [2.75, 3.05) is 0 Å². The highest BCUT2D eigenvalue weighted by Gasteiger charge is 2.17. The van der Waals surface area contributed by atoms with E-state index in [0.717, 1.165) is 16.9 Å². The first kappa shape index (κ1) is 16.3. The molecule has 2 aromatic heterocycles. The fraction of sp³-hybridized carbons (Fsp3) is 0.0500. The number of aromatic carboxylic acids is 1. The van der Waals surface area contributed by atoms with E-state index in [-0.39, 0.29) is 5.56 Å². The van der Waals surface area contributed by atoms with Gasteiger partial charge in [0, 0.05) is 16.0 Å². The van der Waals surface area contributed by atoms with Crippen LogP contribution in [0.2, 0.25) is 5.02 Å². The molecule has 2 heterocycles. The van der Waals surface area contributed by atoms with E-state index in [9.17, 15) is 9.90 Å². The molecule has 4 rings (SSSR count). The fourth-order valence-electron chi connectivity index (χ4n) is 3.00. The highest BCUT2D eigenvalue weighted by Crippen LogP contribution is 2.29. The summed E-state index contributed by atoms with van der Waals surface area (Å²) in [6, 6.07) is 16.4. The summed E-state index contributed by atoms with van der Waals surface area (Å²) in [7, 11) is 0. The zero-order valence-electron chi connectivity index (χ0n) is 13.8. The van der Waals surface area contributed by atoms with E-state index in [4.69, 9.17) is 11.6 Å². The second-order valence-corrected chi connectivity index (χ2v) is 6.35. The zero-order valence-corrected chi connectivity index (χ0v) is 14.6. The van der Waals surface area contributed by atoms with Gasteiger partial charge in [-0.25, -0.2) is 14.5 Å². The minimum Gasteiger partial charge on any atom is -0.478 e. The quantitative estimate of drug-likeness (QED) is 0.570. The topological polar surface area (TPSA) is 68.0 Å². The van der Waals surface area contributed by atoms with Crippen molar-refractivity contribution >= 4 is 28.5 Å². The lowest BCUT2D eigenvalue weighted by atomic mass is 10.0. The van der Waals surface area contributed by atoms with E-state index in [2.05, 4.69) is 10.1 Å². The van der Waals surface area contributed by atoms with Gasteiger partial charge in [0.15, 0.2) is 0 Å². The minimum absolute atomic E-state index is 0.166. The zero-order chi connectivity index (χ0) is 18.3. The van der Waals surface area contributed by atoms with Crippen LogP contribution in [0.4, 0.5) is 0 Å². The van der Waals surface area contributed by atoms with Crippen LogP contribution < -0.4 is 0 Å². The normalized spacial score (nSPS) is 11.0. The summed E-state index contributed by atoms with van der Waals surface area (Å²) >= 11 is 6.01. The van der Waals surface area contributed by atoms with E-state index >= 15 is 0 Å². The van der Waals surface area contributed by atoms with Gasteiger partial charge in [-0.15, -0.1) is 0 Å². The van der Waals surface area contributed by atoms with Crippen molar-refractivity contribution in [3.8, 4) is 16.9 Å². The number of para-hydroxylation sites is 1. The lowest BCUT2D eigenvalue weighted by molar-refractivity contribution is 0.0699. The molecular weight excluding hydrogens is 350 g/mol. The summed E-state index contributed by atoms with van der Waals surface area (Å²) in [5, 5.41) is 15.0. The second kappa shape index (κ2) is 6.28. The first-order chi connectivity index (χ1) is 12.5. The molecule has 0 aliphatic carbocycles. The predicted octanol–water partition coefficient (Wildman–Crippen LogP) is 4.75. The van der Waals surface area contributed by atoms with Crippen LogP contribution in [-0.2, 0) is 0 Å². The summed E-state index contributed by atoms with van der Waals surface area (Å²) in [6.45, 7) is 1.93. The van der Waals surface area contributed by atoms with Crippen molar-refractivity contribution in [3.05, 3.63) is 77.1 Å². The first-order valence-electron chi connectivity index (χ1n) is 7.98. The maximum absolute atomic E-state index is 11.7. The van der Waals surface area contributed by atoms with Crippen molar-refractivity contribution in [2.45, 2.75) is 6.92 Å². The van der Waals surface area contributed by atoms with Gasteiger partial charge in [0.25, 0.3) is 0 Å². The molecule has 0 aliphatic heterocycles. The average Bonchev–Trinajstić information content (AvgIpc) is 3.03. The van der Waals surface area contributed by atoms with E-state index in [1.165, 1.54) is 0 Å². The second-order valence-electron chi connectivity index (χ2n) is 5.91. The third kappa shape index (κ3) is 2.72. The molecule has 0 fully saturated rings. The van der Waals surface area contributed by atoms with Crippen LogP contribution in [0.5, 0.6) is 0 Å². The smallest absolute Gasteiger partial charge is 0.336 e. The number of fused-ring (bicyclic) bond motifs is 1. The van der Waals surface area contributed by atoms with Crippen molar-refractivity contribution in [3.63, 3.8) is 0 Å². The molecule has 128 valence electrons. The molecule has 26 heavy (non-hydrogen) atoms. The molecule has 0 aliphatic rings. The molecule has 0 amide bonds. The highest BCUT2D eigenvalue weighted by molar-refractivity contribution is 6.31. The van der Waals surface area contributed by atoms with Gasteiger partial charge in [-0.05, 0) is 43.3 Å². The van der Waals surface area contributed by atoms with Crippen LogP contribution in [0.3, 0.4) is 0 Å². The van der Waals surface area contributed by atoms with Crippen LogP contribution in [0, 0.1) is 6.92 Å². The molecule has 0 bridgehead atoms. The number of rotatable bonds is 3. The van der Waals surface area contributed by atoms with Crippen LogP contribution >= 0.6 is 11.6 Å². The standard InChI is InChI=1S/C20H14ClN3O2/c1-12-17(11-22-24(12)14-5-3-2-4-6-14)19-10-16(20(25)26)15-9-13(21)7-8-18(15)23-19/h2-11H,1H3,(H,25,26). The number of pyridine rings is 1. The van der Waals surface area contributed by atoms with Crippen molar-refractivity contribution in [1.82, 2.24) is 14.8 Å². The number of carboxylic acids is 1. The van der Waals surface area contributed by atoms with Crippen LogP contribution in [0.15, 0.2) is 60.8 Å². The highest BCUT2D eigenvalue weighted by atomic mass is 35.5. The Hall–Kier alpha value is -3.18. The van der Waals surface area contributed by atoms with Crippen molar-refractivity contribution < 1.29 is 9.90 Å². The third-order valence-corrected chi connectivity index (χ3v) is 4.52. The Morgan fingerprint density at radius 3 is 2.62 bits per heavy atom. The molecule has 0 unspecified atom stereocenters. The Bertz CT molecular complexity index is 1140. The minimum atomic E-state index is -1.02. The summed E-state index contributed by atoms with van der Waals surface area (Å²) < 4.78 is 1.81. The monoisotopic (exact) mass is 363 g/mol. The van der Waals surface area contributed by atoms with E-state index in [1.54, 1.807) is 30.5 Å². The Labute approximate surface area is 154 Å². The van der Waals surface area contributed by atoms with Gasteiger partial charge in [0.2, 0.25) is 0 Å². The van der Waals surface area contributed by atoms with Crippen molar-refractivity contribution in [1.29, 1.82) is 0 Å². The Balaban J connectivity index is 1.92. The van der Waals surface area contributed by atoms with Crippen molar-refractivity contribution in [2.24, 2.45) is 0 Å². The molecule has 0 saturated carbocycles. The number of carbonyl (C=O) groups is 1. The van der Waals surface area contributed by atoms with Crippen LogP contribution in [-0.4, -0.2) is 25.8 Å². The third-order valence-electron chi connectivity index (χ3n) is 4.29. The molecular formula is C20H14ClN3O2. The van der Waals surface area contributed by atoms with E-state index < -0.39 is 5.97 Å². The molecule has 2 aromatic carbocycles. The van der Waals surface area contributed by atoms with E-state index in [0.29, 0.717) is 21.6 Å². The fourth-order valence-corrected chi connectivity index (χ4v) is 3.18. The number of halogens is 1. The Kier molecular flexibility index (Phi) is 3.93.